The highest BCUT2D eigenvalue weighted by Crippen LogP contribution is 2.18. The minimum Gasteiger partial charge on any atom is -0.481 e. The van der Waals surface area contributed by atoms with Crippen molar-refractivity contribution in [3.8, 4) is 0 Å². The third-order valence-electron chi connectivity index (χ3n) is 2.31. The zero-order valence-corrected chi connectivity index (χ0v) is 8.62. The van der Waals surface area contributed by atoms with E-state index in [1.54, 1.807) is 0 Å². The van der Waals surface area contributed by atoms with E-state index in [-0.39, 0.29) is 12.3 Å². The molecule has 0 aliphatic heterocycles. The van der Waals surface area contributed by atoms with Crippen LogP contribution in [0.15, 0.2) is 0 Å². The van der Waals surface area contributed by atoms with E-state index >= 15 is 0 Å². The van der Waals surface area contributed by atoms with Crippen molar-refractivity contribution in [2.75, 3.05) is 6.54 Å². The fraction of sp³-hybridized carbons (Fsp3) is 0.900. The second kappa shape index (κ2) is 6.89. The third kappa shape index (κ3) is 6.58. The smallest absolute Gasteiger partial charge is 0.303 e. The molecule has 0 radical (unpaired) electrons. The zero-order valence-electron chi connectivity index (χ0n) is 8.62. The molecule has 0 aliphatic carbocycles. The fourth-order valence-electron chi connectivity index (χ4n) is 1.69. The summed E-state index contributed by atoms with van der Waals surface area (Å²) >= 11 is 0. The minimum absolute atomic E-state index is 0.152. The van der Waals surface area contributed by atoms with Gasteiger partial charge in [0, 0.05) is 6.42 Å². The van der Waals surface area contributed by atoms with Crippen LogP contribution in [0.2, 0.25) is 0 Å². The van der Waals surface area contributed by atoms with Crippen LogP contribution in [0.25, 0.3) is 0 Å². The molecule has 0 rings (SSSR count). The second-order valence-electron chi connectivity index (χ2n) is 3.83. The topological polar surface area (TPSA) is 63.3 Å². The van der Waals surface area contributed by atoms with Gasteiger partial charge in [0.2, 0.25) is 0 Å². The first kappa shape index (κ1) is 12.4. The number of carbonyl (C=O) groups is 1. The molecule has 0 fully saturated rings. The first-order chi connectivity index (χ1) is 6.10. The van der Waals surface area contributed by atoms with E-state index in [0.29, 0.717) is 12.5 Å². The van der Waals surface area contributed by atoms with Gasteiger partial charge >= 0.3 is 5.97 Å². The summed E-state index contributed by atoms with van der Waals surface area (Å²) < 4.78 is 0. The van der Waals surface area contributed by atoms with E-state index < -0.39 is 5.97 Å². The van der Waals surface area contributed by atoms with Crippen LogP contribution >= 0.6 is 0 Å². The van der Waals surface area contributed by atoms with Gasteiger partial charge in [-0.3, -0.25) is 4.79 Å². The van der Waals surface area contributed by atoms with E-state index in [2.05, 4.69) is 13.8 Å². The maximum absolute atomic E-state index is 10.5. The van der Waals surface area contributed by atoms with Crippen LogP contribution < -0.4 is 5.73 Å². The molecule has 0 saturated heterocycles. The molecule has 0 aromatic carbocycles. The number of hydrogen-bond donors (Lipinski definition) is 2. The van der Waals surface area contributed by atoms with E-state index in [1.807, 2.05) is 0 Å². The molecule has 0 heterocycles. The van der Waals surface area contributed by atoms with Crippen molar-refractivity contribution in [3.05, 3.63) is 0 Å². The van der Waals surface area contributed by atoms with Crippen molar-refractivity contribution < 1.29 is 9.90 Å². The van der Waals surface area contributed by atoms with E-state index in [0.717, 1.165) is 19.3 Å². The normalized spacial score (nSPS) is 15.3. The molecule has 0 aliphatic rings. The van der Waals surface area contributed by atoms with Gasteiger partial charge in [-0.2, -0.15) is 0 Å². The van der Waals surface area contributed by atoms with E-state index in [4.69, 9.17) is 10.8 Å². The Hall–Kier alpha value is -0.570. The van der Waals surface area contributed by atoms with Gasteiger partial charge in [0.1, 0.15) is 0 Å². The summed E-state index contributed by atoms with van der Waals surface area (Å²) in [4.78, 5) is 10.5. The Morgan fingerprint density at radius 3 is 2.54 bits per heavy atom. The lowest BCUT2D eigenvalue weighted by molar-refractivity contribution is -0.138. The molecule has 0 aromatic heterocycles. The van der Waals surface area contributed by atoms with Crippen molar-refractivity contribution in [2.24, 2.45) is 17.6 Å². The first-order valence-electron chi connectivity index (χ1n) is 5.02. The number of hydrogen-bond acceptors (Lipinski definition) is 2. The Kier molecular flexibility index (Phi) is 6.59. The Balaban J connectivity index is 3.75. The Labute approximate surface area is 80.3 Å². The second-order valence-corrected chi connectivity index (χ2v) is 3.83. The lowest BCUT2D eigenvalue weighted by Gasteiger charge is -2.17. The molecular formula is C10H21NO2. The van der Waals surface area contributed by atoms with Crippen LogP contribution in [0, 0.1) is 11.8 Å². The van der Waals surface area contributed by atoms with Gasteiger partial charge in [-0.05, 0) is 24.8 Å². The van der Waals surface area contributed by atoms with Gasteiger partial charge < -0.3 is 10.8 Å². The van der Waals surface area contributed by atoms with Crippen molar-refractivity contribution in [2.45, 2.75) is 39.5 Å². The van der Waals surface area contributed by atoms with Gasteiger partial charge in [-0.1, -0.05) is 26.7 Å². The number of aliphatic carboxylic acids is 1. The van der Waals surface area contributed by atoms with Crippen molar-refractivity contribution in [1.82, 2.24) is 0 Å². The quantitative estimate of drug-likeness (QED) is 0.639. The molecule has 13 heavy (non-hydrogen) atoms. The van der Waals surface area contributed by atoms with Gasteiger partial charge in [0.15, 0.2) is 0 Å². The zero-order chi connectivity index (χ0) is 10.3. The number of carboxylic acid groups (broad SMARTS) is 1. The standard InChI is InChI=1S/C10H21NO2/c1-3-4-8(2)5-9(7-11)6-10(12)13/h8-9H,3-7,11H2,1-2H3,(H,12,13)/t8-,9-/m1/s1. The Morgan fingerprint density at radius 2 is 2.15 bits per heavy atom. The summed E-state index contributed by atoms with van der Waals surface area (Å²) in [6.07, 6.45) is 3.48. The van der Waals surface area contributed by atoms with Crippen molar-refractivity contribution in [1.29, 1.82) is 0 Å². The van der Waals surface area contributed by atoms with Crippen LogP contribution in [0.1, 0.15) is 39.5 Å². The third-order valence-corrected chi connectivity index (χ3v) is 2.31. The largest absolute Gasteiger partial charge is 0.481 e. The summed E-state index contributed by atoms with van der Waals surface area (Å²) in [7, 11) is 0. The van der Waals surface area contributed by atoms with Gasteiger partial charge in [0.05, 0.1) is 0 Å². The molecule has 78 valence electrons. The highest BCUT2D eigenvalue weighted by molar-refractivity contribution is 5.67. The number of carboxylic acids is 1. The van der Waals surface area contributed by atoms with Crippen LogP contribution in [0.5, 0.6) is 0 Å². The molecule has 0 saturated carbocycles. The summed E-state index contributed by atoms with van der Waals surface area (Å²) in [6, 6.07) is 0. The average Bonchev–Trinajstić information content (AvgIpc) is 2.02. The predicted molar refractivity (Wildman–Crippen MR) is 53.5 cm³/mol. The molecular weight excluding hydrogens is 166 g/mol. The van der Waals surface area contributed by atoms with Crippen LogP contribution in [-0.2, 0) is 4.79 Å². The average molecular weight is 187 g/mol. The molecule has 0 unspecified atom stereocenters. The summed E-state index contributed by atoms with van der Waals surface area (Å²) in [6.45, 7) is 4.79. The molecule has 3 nitrogen and oxygen atoms in total. The molecule has 2 atom stereocenters. The molecule has 3 N–H and O–H groups in total. The van der Waals surface area contributed by atoms with Gasteiger partial charge in [-0.15, -0.1) is 0 Å². The maximum atomic E-state index is 10.5. The summed E-state index contributed by atoms with van der Waals surface area (Å²) in [5.41, 5.74) is 5.50. The van der Waals surface area contributed by atoms with E-state index in [1.165, 1.54) is 0 Å². The molecule has 0 bridgehead atoms. The lowest BCUT2D eigenvalue weighted by Crippen LogP contribution is -2.20. The molecule has 0 spiro atoms. The van der Waals surface area contributed by atoms with E-state index in [9.17, 15) is 4.79 Å². The summed E-state index contributed by atoms with van der Waals surface area (Å²) in [5.74, 6) is 0.0103. The fourth-order valence-corrected chi connectivity index (χ4v) is 1.69. The number of nitrogens with two attached hydrogens (primary N) is 1. The monoisotopic (exact) mass is 187 g/mol. The molecule has 0 aromatic rings. The summed E-state index contributed by atoms with van der Waals surface area (Å²) in [5, 5.41) is 8.60. The highest BCUT2D eigenvalue weighted by Gasteiger charge is 2.14. The van der Waals surface area contributed by atoms with Crippen LogP contribution in [0.3, 0.4) is 0 Å². The van der Waals surface area contributed by atoms with Gasteiger partial charge in [0.25, 0.3) is 0 Å². The van der Waals surface area contributed by atoms with Crippen LogP contribution in [-0.4, -0.2) is 17.6 Å². The SMILES string of the molecule is CCC[C@@H](C)C[C@@H](CN)CC(=O)O. The van der Waals surface area contributed by atoms with Gasteiger partial charge in [-0.25, -0.2) is 0 Å². The van der Waals surface area contributed by atoms with Crippen molar-refractivity contribution in [3.63, 3.8) is 0 Å². The maximum Gasteiger partial charge on any atom is 0.303 e. The first-order valence-corrected chi connectivity index (χ1v) is 5.02. The molecule has 3 heteroatoms. The number of rotatable bonds is 7. The Morgan fingerprint density at radius 1 is 1.54 bits per heavy atom. The lowest BCUT2D eigenvalue weighted by atomic mass is 9.90. The minimum atomic E-state index is -0.737. The highest BCUT2D eigenvalue weighted by atomic mass is 16.4. The molecule has 0 amide bonds. The van der Waals surface area contributed by atoms with Crippen LogP contribution in [0.4, 0.5) is 0 Å². The predicted octanol–water partition coefficient (Wildman–Crippen LogP) is 1.86. The Bertz CT molecular complexity index is 148. The van der Waals surface area contributed by atoms with Crippen molar-refractivity contribution >= 4 is 5.97 Å².